The van der Waals surface area contributed by atoms with Gasteiger partial charge in [0.15, 0.2) is 5.82 Å². The first kappa shape index (κ1) is 16.0. The number of rotatable bonds is 3. The molecule has 112 valence electrons. The first-order valence-corrected chi connectivity index (χ1v) is 7.87. The van der Waals surface area contributed by atoms with Gasteiger partial charge >= 0.3 is 0 Å². The number of aromatic nitrogens is 2. The Balaban J connectivity index is 2.38. The standard InChI is InChI=1S/C15H22Cl2N2O/c1-5-10-11(16)18-13(19-12(10)17)15(20-4)8-6-14(2,3)7-9-15/h5-9H2,1-4H3. The van der Waals surface area contributed by atoms with Gasteiger partial charge in [0.05, 0.1) is 0 Å². The average Bonchev–Trinajstić information content (AvgIpc) is 2.39. The molecular formula is C15H22Cl2N2O. The van der Waals surface area contributed by atoms with Crippen LogP contribution in [0.4, 0.5) is 0 Å². The number of nitrogens with zero attached hydrogens (tertiary/aromatic N) is 2. The van der Waals surface area contributed by atoms with Crippen LogP contribution in [-0.2, 0) is 16.8 Å². The minimum Gasteiger partial charge on any atom is -0.370 e. The van der Waals surface area contributed by atoms with Crippen LogP contribution in [0.3, 0.4) is 0 Å². The molecule has 0 radical (unpaired) electrons. The Morgan fingerprint density at radius 2 is 1.55 bits per heavy atom. The molecule has 1 aliphatic rings. The normalized spacial score (nSPS) is 20.9. The zero-order valence-corrected chi connectivity index (χ0v) is 14.1. The molecule has 0 N–H and O–H groups in total. The summed E-state index contributed by atoms with van der Waals surface area (Å²) in [5.41, 5.74) is 0.702. The molecule has 0 atom stereocenters. The van der Waals surface area contributed by atoms with Gasteiger partial charge in [-0.05, 0) is 37.5 Å². The van der Waals surface area contributed by atoms with Crippen molar-refractivity contribution < 1.29 is 4.74 Å². The Hall–Kier alpha value is -0.380. The number of halogens is 2. The molecule has 1 saturated carbocycles. The molecule has 3 nitrogen and oxygen atoms in total. The van der Waals surface area contributed by atoms with Crippen LogP contribution in [0.25, 0.3) is 0 Å². The fraction of sp³-hybridized carbons (Fsp3) is 0.733. The minimum absolute atomic E-state index is 0.346. The van der Waals surface area contributed by atoms with E-state index in [0.717, 1.165) is 37.7 Å². The summed E-state index contributed by atoms with van der Waals surface area (Å²) in [6, 6.07) is 0. The van der Waals surface area contributed by atoms with E-state index in [-0.39, 0.29) is 0 Å². The average molecular weight is 317 g/mol. The summed E-state index contributed by atoms with van der Waals surface area (Å²) in [6.07, 6.45) is 4.68. The Bertz CT molecular complexity index is 470. The van der Waals surface area contributed by atoms with Crippen LogP contribution < -0.4 is 0 Å². The largest absolute Gasteiger partial charge is 0.370 e. The number of methoxy groups -OCH3 is 1. The molecule has 1 heterocycles. The van der Waals surface area contributed by atoms with E-state index >= 15 is 0 Å². The van der Waals surface area contributed by atoms with Crippen LogP contribution in [0, 0.1) is 5.41 Å². The third-order valence-electron chi connectivity index (χ3n) is 4.47. The summed E-state index contributed by atoms with van der Waals surface area (Å²) in [5.74, 6) is 0.628. The molecule has 2 rings (SSSR count). The minimum atomic E-state index is -0.449. The molecule has 5 heteroatoms. The zero-order valence-electron chi connectivity index (χ0n) is 12.6. The predicted molar refractivity (Wildman–Crippen MR) is 82.4 cm³/mol. The lowest BCUT2D eigenvalue weighted by Gasteiger charge is -2.41. The lowest BCUT2D eigenvalue weighted by molar-refractivity contribution is -0.0729. The molecule has 1 aromatic rings. The van der Waals surface area contributed by atoms with E-state index in [1.165, 1.54) is 0 Å². The number of hydrogen-bond donors (Lipinski definition) is 0. The van der Waals surface area contributed by atoms with Crippen LogP contribution in [-0.4, -0.2) is 17.1 Å². The maximum Gasteiger partial charge on any atom is 0.163 e. The smallest absolute Gasteiger partial charge is 0.163 e. The van der Waals surface area contributed by atoms with Gasteiger partial charge < -0.3 is 4.74 Å². The molecule has 1 aromatic heterocycles. The molecular weight excluding hydrogens is 295 g/mol. The van der Waals surface area contributed by atoms with E-state index < -0.39 is 5.60 Å². The van der Waals surface area contributed by atoms with Gasteiger partial charge in [0.1, 0.15) is 15.9 Å². The van der Waals surface area contributed by atoms with E-state index in [1.807, 2.05) is 6.92 Å². The van der Waals surface area contributed by atoms with E-state index in [1.54, 1.807) is 7.11 Å². The van der Waals surface area contributed by atoms with E-state index in [0.29, 0.717) is 21.5 Å². The van der Waals surface area contributed by atoms with Gasteiger partial charge in [-0.3, -0.25) is 0 Å². The number of hydrogen-bond acceptors (Lipinski definition) is 3. The van der Waals surface area contributed by atoms with Crippen LogP contribution in [0.1, 0.15) is 57.8 Å². The molecule has 0 amide bonds. The van der Waals surface area contributed by atoms with Gasteiger partial charge in [-0.25, -0.2) is 9.97 Å². The fourth-order valence-corrected chi connectivity index (χ4v) is 3.43. The van der Waals surface area contributed by atoms with Crippen LogP contribution in [0.5, 0.6) is 0 Å². The van der Waals surface area contributed by atoms with E-state index in [4.69, 9.17) is 27.9 Å². The first-order chi connectivity index (χ1) is 9.33. The zero-order chi connectivity index (χ0) is 15.0. The fourth-order valence-electron chi connectivity index (χ4n) is 2.78. The quantitative estimate of drug-likeness (QED) is 0.752. The Kier molecular flexibility index (Phi) is 4.63. The van der Waals surface area contributed by atoms with Crippen molar-refractivity contribution in [1.29, 1.82) is 0 Å². The van der Waals surface area contributed by atoms with Crippen molar-refractivity contribution in [2.45, 2.75) is 58.5 Å². The van der Waals surface area contributed by atoms with Crippen LogP contribution >= 0.6 is 23.2 Å². The Morgan fingerprint density at radius 3 is 1.95 bits per heavy atom. The lowest BCUT2D eigenvalue weighted by atomic mass is 9.70. The summed E-state index contributed by atoms with van der Waals surface area (Å²) in [4.78, 5) is 8.93. The summed E-state index contributed by atoms with van der Waals surface area (Å²) in [6.45, 7) is 6.56. The highest BCUT2D eigenvalue weighted by molar-refractivity contribution is 6.34. The van der Waals surface area contributed by atoms with Crippen molar-refractivity contribution >= 4 is 23.2 Å². The van der Waals surface area contributed by atoms with Gasteiger partial charge in [0.25, 0.3) is 0 Å². The van der Waals surface area contributed by atoms with Gasteiger partial charge in [-0.2, -0.15) is 0 Å². The number of ether oxygens (including phenoxy) is 1. The molecule has 0 unspecified atom stereocenters. The van der Waals surface area contributed by atoms with Gasteiger partial charge in [-0.1, -0.05) is 44.0 Å². The molecule has 0 aromatic carbocycles. The van der Waals surface area contributed by atoms with E-state index in [9.17, 15) is 0 Å². The van der Waals surface area contributed by atoms with E-state index in [2.05, 4.69) is 23.8 Å². The second-order valence-electron chi connectivity index (χ2n) is 6.32. The second-order valence-corrected chi connectivity index (χ2v) is 7.04. The van der Waals surface area contributed by atoms with Crippen molar-refractivity contribution in [3.05, 3.63) is 21.7 Å². The molecule has 20 heavy (non-hydrogen) atoms. The third-order valence-corrected chi connectivity index (χ3v) is 5.09. The summed E-state index contributed by atoms with van der Waals surface area (Å²) < 4.78 is 5.80. The maximum absolute atomic E-state index is 6.24. The van der Waals surface area contributed by atoms with Gasteiger partial charge in [0, 0.05) is 12.7 Å². The Labute approximate surface area is 131 Å². The molecule has 0 saturated heterocycles. The SMILES string of the molecule is CCc1c(Cl)nc(C2(OC)CCC(C)(C)CC2)nc1Cl. The van der Waals surface area contributed by atoms with Gasteiger partial charge in [0.2, 0.25) is 0 Å². The highest BCUT2D eigenvalue weighted by atomic mass is 35.5. The monoisotopic (exact) mass is 316 g/mol. The summed E-state index contributed by atoms with van der Waals surface area (Å²) in [5, 5.41) is 0.896. The lowest BCUT2D eigenvalue weighted by Crippen LogP contribution is -2.38. The summed E-state index contributed by atoms with van der Waals surface area (Å²) >= 11 is 12.5. The van der Waals surface area contributed by atoms with Crippen LogP contribution in [0.2, 0.25) is 10.3 Å². The maximum atomic E-state index is 6.24. The topological polar surface area (TPSA) is 35.0 Å². The molecule has 0 aliphatic heterocycles. The highest BCUT2D eigenvalue weighted by Gasteiger charge is 2.42. The van der Waals surface area contributed by atoms with Crippen molar-refractivity contribution in [3.8, 4) is 0 Å². The Morgan fingerprint density at radius 1 is 1.05 bits per heavy atom. The van der Waals surface area contributed by atoms with Gasteiger partial charge in [-0.15, -0.1) is 0 Å². The first-order valence-electron chi connectivity index (χ1n) is 7.11. The molecule has 1 fully saturated rings. The summed E-state index contributed by atoms with van der Waals surface area (Å²) in [7, 11) is 1.72. The molecule has 0 spiro atoms. The van der Waals surface area contributed by atoms with Crippen molar-refractivity contribution in [2.75, 3.05) is 7.11 Å². The van der Waals surface area contributed by atoms with Crippen molar-refractivity contribution in [3.63, 3.8) is 0 Å². The highest BCUT2D eigenvalue weighted by Crippen LogP contribution is 2.46. The van der Waals surface area contributed by atoms with Crippen molar-refractivity contribution in [1.82, 2.24) is 9.97 Å². The molecule has 1 aliphatic carbocycles. The van der Waals surface area contributed by atoms with Crippen molar-refractivity contribution in [2.24, 2.45) is 5.41 Å². The third kappa shape index (κ3) is 2.95. The van der Waals surface area contributed by atoms with Crippen LogP contribution in [0.15, 0.2) is 0 Å². The predicted octanol–water partition coefficient (Wildman–Crippen LogP) is 4.79. The second kappa shape index (κ2) is 5.78. The molecule has 0 bridgehead atoms.